The molecule has 12 heavy (non-hydrogen) atoms. The fraction of sp³-hybridized carbons (Fsp3) is 0.400. The van der Waals surface area contributed by atoms with Gasteiger partial charge in [-0.15, -0.1) is 11.6 Å². The van der Waals surface area contributed by atoms with Crippen molar-refractivity contribution in [3.8, 4) is 0 Å². The molecule has 0 saturated carbocycles. The third-order valence-electron chi connectivity index (χ3n) is 2.12. The van der Waals surface area contributed by atoms with Crippen molar-refractivity contribution < 1.29 is 4.74 Å². The van der Waals surface area contributed by atoms with E-state index in [2.05, 4.69) is 12.1 Å². The maximum atomic E-state index is 5.63. The highest BCUT2D eigenvalue weighted by Crippen LogP contribution is 2.26. The molecule has 1 aliphatic rings. The molecular formula is C10H11ClO. The molecule has 2 atom stereocenters. The summed E-state index contributed by atoms with van der Waals surface area (Å²) in [5.74, 6) is 0.623. The highest BCUT2D eigenvalue weighted by molar-refractivity contribution is 6.18. The Morgan fingerprint density at radius 1 is 1.17 bits per heavy atom. The van der Waals surface area contributed by atoms with Gasteiger partial charge >= 0.3 is 0 Å². The number of hydrogen-bond donors (Lipinski definition) is 0. The van der Waals surface area contributed by atoms with Crippen LogP contribution in [0.2, 0.25) is 0 Å². The molecule has 0 unspecified atom stereocenters. The van der Waals surface area contributed by atoms with Gasteiger partial charge in [0.2, 0.25) is 0 Å². The van der Waals surface area contributed by atoms with Crippen LogP contribution in [0.1, 0.15) is 5.56 Å². The van der Waals surface area contributed by atoms with Crippen LogP contribution in [0.5, 0.6) is 0 Å². The quantitative estimate of drug-likeness (QED) is 0.516. The van der Waals surface area contributed by atoms with Crippen LogP contribution in [0.15, 0.2) is 30.3 Å². The van der Waals surface area contributed by atoms with Gasteiger partial charge in [-0.25, -0.2) is 0 Å². The maximum Gasteiger partial charge on any atom is 0.0980 e. The summed E-state index contributed by atoms with van der Waals surface area (Å²) in [4.78, 5) is 0. The summed E-state index contributed by atoms with van der Waals surface area (Å²) in [7, 11) is 0. The van der Waals surface area contributed by atoms with E-state index in [0.29, 0.717) is 18.1 Å². The fourth-order valence-corrected chi connectivity index (χ4v) is 1.61. The monoisotopic (exact) mass is 182 g/mol. The van der Waals surface area contributed by atoms with Gasteiger partial charge in [-0.05, 0) is 5.56 Å². The van der Waals surface area contributed by atoms with E-state index in [1.807, 2.05) is 18.2 Å². The van der Waals surface area contributed by atoms with Crippen LogP contribution < -0.4 is 0 Å². The highest BCUT2D eigenvalue weighted by atomic mass is 35.5. The Labute approximate surface area is 77.3 Å². The van der Waals surface area contributed by atoms with Crippen molar-refractivity contribution in [2.24, 2.45) is 0 Å². The molecule has 0 aliphatic carbocycles. The Bertz CT molecular complexity index is 247. The number of benzene rings is 1. The smallest absolute Gasteiger partial charge is 0.0980 e. The number of rotatable bonds is 3. The minimum atomic E-state index is 0.298. The fourth-order valence-electron chi connectivity index (χ4n) is 1.34. The first kappa shape index (κ1) is 8.09. The molecule has 0 N–H and O–H groups in total. The van der Waals surface area contributed by atoms with E-state index in [1.165, 1.54) is 5.56 Å². The second-order valence-corrected chi connectivity index (χ2v) is 3.37. The van der Waals surface area contributed by atoms with Gasteiger partial charge in [-0.2, -0.15) is 0 Å². The average Bonchev–Trinajstić information content (AvgIpc) is 2.85. The van der Waals surface area contributed by atoms with Crippen LogP contribution in [0.3, 0.4) is 0 Å². The molecule has 0 radical (unpaired) electrons. The van der Waals surface area contributed by atoms with E-state index in [4.69, 9.17) is 16.3 Å². The van der Waals surface area contributed by atoms with Crippen LogP contribution in [0.4, 0.5) is 0 Å². The van der Waals surface area contributed by atoms with Crippen molar-refractivity contribution in [2.75, 3.05) is 5.88 Å². The van der Waals surface area contributed by atoms with E-state index < -0.39 is 0 Å². The van der Waals surface area contributed by atoms with Gasteiger partial charge in [0, 0.05) is 6.42 Å². The van der Waals surface area contributed by atoms with Gasteiger partial charge in [0.25, 0.3) is 0 Å². The lowest BCUT2D eigenvalue weighted by Gasteiger charge is -1.94. The maximum absolute atomic E-state index is 5.63. The van der Waals surface area contributed by atoms with Gasteiger partial charge in [0.05, 0.1) is 18.1 Å². The minimum Gasteiger partial charge on any atom is -0.368 e. The standard InChI is InChI=1S/C10H11ClO/c11-7-10-9(12-10)6-8-4-2-1-3-5-8/h1-5,9-10H,6-7H2/t9-,10-/m1/s1. The number of alkyl halides is 1. The summed E-state index contributed by atoms with van der Waals surface area (Å²) in [6.07, 6.45) is 1.66. The molecule has 0 aromatic heterocycles. The molecule has 0 amide bonds. The normalized spacial score (nSPS) is 27.1. The molecule has 1 nitrogen and oxygen atoms in total. The molecule has 2 heteroatoms. The van der Waals surface area contributed by atoms with E-state index in [1.54, 1.807) is 0 Å². The summed E-state index contributed by atoms with van der Waals surface area (Å²) in [5.41, 5.74) is 1.33. The van der Waals surface area contributed by atoms with Crippen LogP contribution in [-0.4, -0.2) is 18.1 Å². The first-order chi connectivity index (χ1) is 5.90. The Kier molecular flexibility index (Phi) is 2.33. The topological polar surface area (TPSA) is 12.5 Å². The van der Waals surface area contributed by atoms with E-state index in [-0.39, 0.29) is 0 Å². The number of halogens is 1. The van der Waals surface area contributed by atoms with Gasteiger partial charge in [-0.1, -0.05) is 30.3 Å². The van der Waals surface area contributed by atoms with Crippen molar-refractivity contribution >= 4 is 11.6 Å². The van der Waals surface area contributed by atoms with Crippen LogP contribution in [-0.2, 0) is 11.2 Å². The van der Waals surface area contributed by atoms with Crippen molar-refractivity contribution in [1.82, 2.24) is 0 Å². The molecule has 1 heterocycles. The predicted octanol–water partition coefficient (Wildman–Crippen LogP) is 2.24. The van der Waals surface area contributed by atoms with Crippen LogP contribution in [0, 0.1) is 0 Å². The van der Waals surface area contributed by atoms with Crippen molar-refractivity contribution in [2.45, 2.75) is 18.6 Å². The summed E-state index contributed by atoms with van der Waals surface area (Å²) >= 11 is 5.63. The lowest BCUT2D eigenvalue weighted by atomic mass is 10.1. The SMILES string of the molecule is ClC[C@H]1O[C@@H]1Cc1ccccc1. The molecule has 0 spiro atoms. The van der Waals surface area contributed by atoms with E-state index in [0.717, 1.165) is 6.42 Å². The third-order valence-corrected chi connectivity index (χ3v) is 2.42. The zero-order chi connectivity index (χ0) is 8.39. The zero-order valence-electron chi connectivity index (χ0n) is 6.74. The lowest BCUT2D eigenvalue weighted by molar-refractivity contribution is 0.379. The molecule has 1 aromatic rings. The average molecular weight is 183 g/mol. The molecule has 1 fully saturated rings. The minimum absolute atomic E-state index is 0.298. The van der Waals surface area contributed by atoms with Gasteiger partial charge in [-0.3, -0.25) is 0 Å². The van der Waals surface area contributed by atoms with Gasteiger partial charge in [0.15, 0.2) is 0 Å². The van der Waals surface area contributed by atoms with Crippen LogP contribution in [0.25, 0.3) is 0 Å². The molecular weight excluding hydrogens is 172 g/mol. The van der Waals surface area contributed by atoms with Crippen LogP contribution >= 0.6 is 11.6 Å². The van der Waals surface area contributed by atoms with E-state index >= 15 is 0 Å². The number of ether oxygens (including phenoxy) is 1. The summed E-state index contributed by atoms with van der Waals surface area (Å²) < 4.78 is 5.34. The summed E-state index contributed by atoms with van der Waals surface area (Å²) in [5, 5.41) is 0. The Hall–Kier alpha value is -0.530. The predicted molar refractivity (Wildman–Crippen MR) is 49.5 cm³/mol. The Morgan fingerprint density at radius 3 is 2.50 bits per heavy atom. The first-order valence-corrected chi connectivity index (χ1v) is 4.69. The molecule has 0 bridgehead atoms. The molecule has 1 aliphatic heterocycles. The first-order valence-electron chi connectivity index (χ1n) is 4.15. The molecule has 1 saturated heterocycles. The summed E-state index contributed by atoms with van der Waals surface area (Å²) in [6, 6.07) is 10.4. The Balaban J connectivity index is 1.89. The van der Waals surface area contributed by atoms with E-state index in [9.17, 15) is 0 Å². The van der Waals surface area contributed by atoms with Crippen molar-refractivity contribution in [1.29, 1.82) is 0 Å². The number of epoxide rings is 1. The van der Waals surface area contributed by atoms with Crippen molar-refractivity contribution in [3.63, 3.8) is 0 Å². The largest absolute Gasteiger partial charge is 0.368 e. The summed E-state index contributed by atoms with van der Waals surface area (Å²) in [6.45, 7) is 0. The number of hydrogen-bond acceptors (Lipinski definition) is 1. The highest BCUT2D eigenvalue weighted by Gasteiger charge is 2.37. The zero-order valence-corrected chi connectivity index (χ0v) is 7.50. The second kappa shape index (κ2) is 3.46. The lowest BCUT2D eigenvalue weighted by Crippen LogP contribution is -1.98. The Morgan fingerprint density at radius 2 is 1.92 bits per heavy atom. The molecule has 64 valence electrons. The molecule has 2 rings (SSSR count). The van der Waals surface area contributed by atoms with Gasteiger partial charge in [0.1, 0.15) is 0 Å². The second-order valence-electron chi connectivity index (χ2n) is 3.06. The van der Waals surface area contributed by atoms with Gasteiger partial charge < -0.3 is 4.74 Å². The molecule has 1 aromatic carbocycles. The van der Waals surface area contributed by atoms with Crippen molar-refractivity contribution in [3.05, 3.63) is 35.9 Å². The third kappa shape index (κ3) is 1.79.